The van der Waals surface area contributed by atoms with Crippen molar-refractivity contribution in [3.63, 3.8) is 0 Å². The Morgan fingerprint density at radius 1 is 0.688 bits per heavy atom. The van der Waals surface area contributed by atoms with Crippen LogP contribution in [0.5, 0.6) is 0 Å². The highest BCUT2D eigenvalue weighted by atomic mass is 15.1. The summed E-state index contributed by atoms with van der Waals surface area (Å²) in [4.78, 5) is 0. The molecule has 0 aliphatic heterocycles. The maximum Gasteiger partial charge on any atom is 0.0877 e. The van der Waals surface area contributed by atoms with E-state index in [0.29, 0.717) is 11.4 Å². The van der Waals surface area contributed by atoms with Crippen LogP contribution in [0.1, 0.15) is 0 Å². The Morgan fingerprint density at radius 3 is 1.50 bits per heavy atom. The van der Waals surface area contributed by atoms with Crippen LogP contribution in [0, 0.1) is 0 Å². The Hall–Kier alpha value is -2.36. The molecule has 4 nitrogen and oxygen atoms in total. The van der Waals surface area contributed by atoms with Gasteiger partial charge in [-0.3, -0.25) is 0 Å². The molecule has 0 radical (unpaired) electrons. The molecular formula is C12H12N4. The van der Waals surface area contributed by atoms with Crippen LogP contribution in [0.15, 0.2) is 58.8 Å². The molecule has 2 aromatic rings. The molecule has 0 heterocycles. The van der Waals surface area contributed by atoms with Gasteiger partial charge in [0.15, 0.2) is 0 Å². The molecule has 0 atom stereocenters. The normalized spacial score (nSPS) is 10.8. The van der Waals surface area contributed by atoms with Crippen LogP contribution in [0.25, 0.3) is 0 Å². The Bertz CT molecular complexity index is 472. The van der Waals surface area contributed by atoms with Crippen molar-refractivity contribution in [3.8, 4) is 0 Å². The number of nitrogens with zero attached hydrogens (tertiary/aromatic N) is 2. The monoisotopic (exact) mass is 212 g/mol. The Labute approximate surface area is 93.6 Å². The van der Waals surface area contributed by atoms with E-state index in [4.69, 9.17) is 11.5 Å². The summed E-state index contributed by atoms with van der Waals surface area (Å²) < 4.78 is 0. The van der Waals surface area contributed by atoms with Gasteiger partial charge in [0.05, 0.1) is 11.4 Å². The van der Waals surface area contributed by atoms with Gasteiger partial charge in [-0.05, 0) is 36.4 Å². The minimum atomic E-state index is 0.670. The number of nitrogen functional groups attached to an aromatic ring is 2. The van der Waals surface area contributed by atoms with Gasteiger partial charge in [-0.15, -0.1) is 0 Å². The molecule has 2 rings (SSSR count). The zero-order valence-corrected chi connectivity index (χ0v) is 8.67. The number of azo groups is 1. The van der Waals surface area contributed by atoms with Gasteiger partial charge in [0.1, 0.15) is 0 Å². The van der Waals surface area contributed by atoms with E-state index in [1.54, 1.807) is 24.3 Å². The molecule has 0 saturated carbocycles. The second kappa shape index (κ2) is 4.44. The van der Waals surface area contributed by atoms with Crippen molar-refractivity contribution < 1.29 is 0 Å². The molecule has 4 heteroatoms. The lowest BCUT2D eigenvalue weighted by molar-refractivity contribution is 1.23. The minimum Gasteiger partial charge on any atom is -0.399 e. The quantitative estimate of drug-likeness (QED) is 0.592. The third-order valence-electron chi connectivity index (χ3n) is 2.02. The Kier molecular flexibility index (Phi) is 2.82. The fourth-order valence-corrected chi connectivity index (χ4v) is 1.29. The molecular weight excluding hydrogens is 200 g/mol. The summed E-state index contributed by atoms with van der Waals surface area (Å²) in [6.45, 7) is 0. The highest BCUT2D eigenvalue weighted by Crippen LogP contribution is 2.21. The molecule has 0 spiro atoms. The predicted octanol–water partition coefficient (Wildman–Crippen LogP) is 3.27. The second-order valence-corrected chi connectivity index (χ2v) is 3.39. The standard InChI is InChI=1S/C12H12N4/c13-9-3-1-5-11(7-9)15-16-12-6-2-4-10(14)8-12/h1-8H,13-14H2/b16-15+. The molecule has 0 fully saturated rings. The van der Waals surface area contributed by atoms with Crippen LogP contribution in [0.3, 0.4) is 0 Å². The van der Waals surface area contributed by atoms with Gasteiger partial charge in [-0.25, -0.2) is 0 Å². The van der Waals surface area contributed by atoms with Gasteiger partial charge in [0.25, 0.3) is 0 Å². The smallest absolute Gasteiger partial charge is 0.0877 e. The molecule has 0 aliphatic rings. The van der Waals surface area contributed by atoms with Crippen LogP contribution in [0.4, 0.5) is 22.7 Å². The van der Waals surface area contributed by atoms with Crippen molar-refractivity contribution in [3.05, 3.63) is 48.5 Å². The third kappa shape index (κ3) is 2.57. The zero-order chi connectivity index (χ0) is 11.4. The van der Waals surface area contributed by atoms with E-state index in [1.807, 2.05) is 24.3 Å². The second-order valence-electron chi connectivity index (χ2n) is 3.39. The molecule has 80 valence electrons. The van der Waals surface area contributed by atoms with E-state index in [-0.39, 0.29) is 0 Å². The first kappa shape index (κ1) is 10.2. The van der Waals surface area contributed by atoms with Gasteiger partial charge in [0, 0.05) is 11.4 Å². The van der Waals surface area contributed by atoms with E-state index >= 15 is 0 Å². The largest absolute Gasteiger partial charge is 0.399 e. The van der Waals surface area contributed by atoms with Crippen molar-refractivity contribution in [2.45, 2.75) is 0 Å². The number of rotatable bonds is 2. The van der Waals surface area contributed by atoms with Crippen molar-refractivity contribution in [1.82, 2.24) is 0 Å². The van der Waals surface area contributed by atoms with Crippen LogP contribution >= 0.6 is 0 Å². The summed E-state index contributed by atoms with van der Waals surface area (Å²) in [5, 5.41) is 8.14. The lowest BCUT2D eigenvalue weighted by atomic mass is 10.3. The Balaban J connectivity index is 2.21. The average molecular weight is 212 g/mol. The molecule has 0 saturated heterocycles. The SMILES string of the molecule is Nc1cccc(/N=N/c2cccc(N)c2)c1. The lowest BCUT2D eigenvalue weighted by Gasteiger charge is -1.96. The van der Waals surface area contributed by atoms with Crippen LogP contribution in [0.2, 0.25) is 0 Å². The third-order valence-corrected chi connectivity index (χ3v) is 2.02. The zero-order valence-electron chi connectivity index (χ0n) is 8.67. The summed E-state index contributed by atoms with van der Waals surface area (Å²) >= 11 is 0. The molecule has 4 N–H and O–H groups in total. The van der Waals surface area contributed by atoms with Crippen LogP contribution < -0.4 is 11.5 Å². The topological polar surface area (TPSA) is 76.8 Å². The summed E-state index contributed by atoms with van der Waals surface area (Å²) in [7, 11) is 0. The molecule has 16 heavy (non-hydrogen) atoms. The van der Waals surface area contributed by atoms with Crippen molar-refractivity contribution in [2.24, 2.45) is 10.2 Å². The van der Waals surface area contributed by atoms with Crippen LogP contribution in [-0.4, -0.2) is 0 Å². The molecule has 0 amide bonds. The average Bonchev–Trinajstić information content (AvgIpc) is 2.27. The molecule has 0 bridgehead atoms. The maximum atomic E-state index is 5.63. The summed E-state index contributed by atoms with van der Waals surface area (Å²) in [5.41, 5.74) is 14.0. The van der Waals surface area contributed by atoms with E-state index < -0.39 is 0 Å². The number of nitrogens with two attached hydrogens (primary N) is 2. The summed E-state index contributed by atoms with van der Waals surface area (Å²) in [5.74, 6) is 0. The number of hydrogen-bond acceptors (Lipinski definition) is 4. The highest BCUT2D eigenvalue weighted by molar-refractivity contribution is 5.52. The van der Waals surface area contributed by atoms with E-state index in [2.05, 4.69) is 10.2 Å². The van der Waals surface area contributed by atoms with Crippen molar-refractivity contribution in [1.29, 1.82) is 0 Å². The fourth-order valence-electron chi connectivity index (χ4n) is 1.29. The number of hydrogen-bond donors (Lipinski definition) is 2. The van der Waals surface area contributed by atoms with Gasteiger partial charge < -0.3 is 11.5 Å². The maximum absolute atomic E-state index is 5.63. The van der Waals surface area contributed by atoms with Gasteiger partial charge >= 0.3 is 0 Å². The Morgan fingerprint density at radius 2 is 1.12 bits per heavy atom. The van der Waals surface area contributed by atoms with Crippen molar-refractivity contribution in [2.75, 3.05) is 11.5 Å². The fraction of sp³-hybridized carbons (Fsp3) is 0. The molecule has 0 aliphatic carbocycles. The predicted molar refractivity (Wildman–Crippen MR) is 65.9 cm³/mol. The first-order chi connectivity index (χ1) is 7.74. The van der Waals surface area contributed by atoms with Crippen molar-refractivity contribution >= 4 is 22.7 Å². The lowest BCUT2D eigenvalue weighted by Crippen LogP contribution is -1.81. The van der Waals surface area contributed by atoms with Gasteiger partial charge in [0.2, 0.25) is 0 Å². The first-order valence-corrected chi connectivity index (χ1v) is 4.87. The number of anilines is 2. The van der Waals surface area contributed by atoms with E-state index in [0.717, 1.165) is 11.4 Å². The molecule has 2 aromatic carbocycles. The van der Waals surface area contributed by atoms with E-state index in [1.165, 1.54) is 0 Å². The van der Waals surface area contributed by atoms with E-state index in [9.17, 15) is 0 Å². The summed E-state index contributed by atoms with van der Waals surface area (Å²) in [6, 6.07) is 14.5. The highest BCUT2D eigenvalue weighted by Gasteiger charge is 1.92. The summed E-state index contributed by atoms with van der Waals surface area (Å²) in [6.07, 6.45) is 0. The first-order valence-electron chi connectivity index (χ1n) is 4.87. The molecule has 0 unspecified atom stereocenters. The molecule has 0 aromatic heterocycles. The van der Waals surface area contributed by atoms with Gasteiger partial charge in [-0.1, -0.05) is 12.1 Å². The minimum absolute atomic E-state index is 0.670. The van der Waals surface area contributed by atoms with Gasteiger partial charge in [-0.2, -0.15) is 10.2 Å². The number of benzene rings is 2. The van der Waals surface area contributed by atoms with Crippen LogP contribution in [-0.2, 0) is 0 Å².